The van der Waals surface area contributed by atoms with E-state index in [1.54, 1.807) is 34.6 Å². The standard InChI is InChI=1S/C12H20N2O3/c1-7-12(5,6)13-10(17)14(8-9(15)16)11(2,3)4/h1H,8H2,2-6H3,(H,13,17)(H,15,16). The zero-order chi connectivity index (χ0) is 13.9. The number of carbonyl (C=O) groups excluding carboxylic acids is 1. The normalized spacial score (nSPS) is 11.5. The second kappa shape index (κ2) is 5.09. The maximum Gasteiger partial charge on any atom is 0.323 e. The van der Waals surface area contributed by atoms with Crippen LogP contribution in [0.2, 0.25) is 0 Å². The number of amides is 2. The van der Waals surface area contributed by atoms with Gasteiger partial charge in [0.1, 0.15) is 6.54 Å². The first kappa shape index (κ1) is 15.3. The van der Waals surface area contributed by atoms with Gasteiger partial charge < -0.3 is 15.3 Å². The SMILES string of the molecule is C#CC(C)(C)NC(=O)N(CC(=O)O)C(C)(C)C. The summed E-state index contributed by atoms with van der Waals surface area (Å²) in [5, 5.41) is 11.4. The van der Waals surface area contributed by atoms with Crippen LogP contribution < -0.4 is 5.32 Å². The highest BCUT2D eigenvalue weighted by atomic mass is 16.4. The Morgan fingerprint density at radius 3 is 2.06 bits per heavy atom. The third-order valence-corrected chi connectivity index (χ3v) is 2.13. The average Bonchev–Trinajstić information content (AvgIpc) is 2.11. The first-order valence-corrected chi connectivity index (χ1v) is 5.29. The Balaban J connectivity index is 4.91. The Morgan fingerprint density at radius 2 is 1.76 bits per heavy atom. The summed E-state index contributed by atoms with van der Waals surface area (Å²) in [5.41, 5.74) is -1.40. The minimum atomic E-state index is -1.06. The first-order chi connectivity index (χ1) is 7.49. The van der Waals surface area contributed by atoms with Crippen molar-refractivity contribution < 1.29 is 14.7 Å². The van der Waals surface area contributed by atoms with E-state index in [0.717, 1.165) is 0 Å². The fraction of sp³-hybridized carbons (Fsp3) is 0.667. The molecule has 0 unspecified atom stereocenters. The van der Waals surface area contributed by atoms with Gasteiger partial charge in [0.15, 0.2) is 0 Å². The highest BCUT2D eigenvalue weighted by Crippen LogP contribution is 2.14. The average molecular weight is 240 g/mol. The van der Waals surface area contributed by atoms with Crippen molar-refractivity contribution in [3.05, 3.63) is 0 Å². The number of nitrogens with zero attached hydrogens (tertiary/aromatic N) is 1. The van der Waals surface area contributed by atoms with E-state index in [1.807, 2.05) is 0 Å². The molecular weight excluding hydrogens is 220 g/mol. The molecule has 0 atom stereocenters. The highest BCUT2D eigenvalue weighted by molar-refractivity contribution is 5.81. The van der Waals surface area contributed by atoms with Crippen LogP contribution in [0.15, 0.2) is 0 Å². The number of nitrogens with one attached hydrogen (secondary N) is 1. The van der Waals surface area contributed by atoms with Gasteiger partial charge in [-0.25, -0.2) is 4.79 Å². The van der Waals surface area contributed by atoms with Crippen LogP contribution in [-0.2, 0) is 4.79 Å². The molecule has 0 aromatic rings. The fourth-order valence-electron chi connectivity index (χ4n) is 1.12. The largest absolute Gasteiger partial charge is 0.480 e. The Bertz CT molecular complexity index is 348. The predicted molar refractivity (Wildman–Crippen MR) is 65.5 cm³/mol. The van der Waals surface area contributed by atoms with Crippen LogP contribution in [0.5, 0.6) is 0 Å². The van der Waals surface area contributed by atoms with Crippen molar-refractivity contribution >= 4 is 12.0 Å². The van der Waals surface area contributed by atoms with Gasteiger partial charge in [-0.1, -0.05) is 5.92 Å². The van der Waals surface area contributed by atoms with Crippen molar-refractivity contribution in [2.75, 3.05) is 6.54 Å². The maximum absolute atomic E-state index is 12.0. The molecule has 2 N–H and O–H groups in total. The molecule has 0 bridgehead atoms. The molecule has 5 nitrogen and oxygen atoms in total. The molecule has 0 heterocycles. The van der Waals surface area contributed by atoms with Crippen molar-refractivity contribution in [1.82, 2.24) is 10.2 Å². The van der Waals surface area contributed by atoms with Gasteiger partial charge in [0.2, 0.25) is 0 Å². The summed E-state index contributed by atoms with van der Waals surface area (Å²) in [5.74, 6) is 1.36. The molecule has 0 spiro atoms. The molecular formula is C12H20N2O3. The zero-order valence-corrected chi connectivity index (χ0v) is 11.0. The molecule has 17 heavy (non-hydrogen) atoms. The van der Waals surface area contributed by atoms with Crippen LogP contribution in [-0.4, -0.2) is 39.6 Å². The molecule has 0 aliphatic carbocycles. The molecule has 0 fully saturated rings. The molecule has 0 rings (SSSR count). The van der Waals surface area contributed by atoms with Gasteiger partial charge in [-0.2, -0.15) is 0 Å². The lowest BCUT2D eigenvalue weighted by atomic mass is 10.1. The lowest BCUT2D eigenvalue weighted by Crippen LogP contribution is -2.56. The highest BCUT2D eigenvalue weighted by Gasteiger charge is 2.31. The van der Waals surface area contributed by atoms with Crippen LogP contribution >= 0.6 is 0 Å². The number of hydrogen-bond acceptors (Lipinski definition) is 2. The molecule has 0 aromatic heterocycles. The Kier molecular flexibility index (Phi) is 4.58. The molecule has 0 aliphatic heterocycles. The lowest BCUT2D eigenvalue weighted by molar-refractivity contribution is -0.138. The van der Waals surface area contributed by atoms with Gasteiger partial charge >= 0.3 is 12.0 Å². The van der Waals surface area contributed by atoms with Crippen LogP contribution in [0.3, 0.4) is 0 Å². The summed E-state index contributed by atoms with van der Waals surface area (Å²) in [6.45, 7) is 8.27. The zero-order valence-electron chi connectivity index (χ0n) is 11.0. The summed E-state index contributed by atoms with van der Waals surface area (Å²) in [7, 11) is 0. The van der Waals surface area contributed by atoms with E-state index < -0.39 is 23.1 Å². The van der Waals surface area contributed by atoms with Crippen molar-refractivity contribution in [2.45, 2.75) is 45.7 Å². The molecule has 0 radical (unpaired) electrons. The molecule has 5 heteroatoms. The third-order valence-electron chi connectivity index (χ3n) is 2.13. The van der Waals surface area contributed by atoms with E-state index in [-0.39, 0.29) is 6.54 Å². The second-order valence-corrected chi connectivity index (χ2v) is 5.35. The van der Waals surface area contributed by atoms with Crippen LogP contribution in [0.25, 0.3) is 0 Å². The number of carbonyl (C=O) groups is 2. The van der Waals surface area contributed by atoms with E-state index in [1.165, 1.54) is 4.90 Å². The molecule has 0 saturated carbocycles. The second-order valence-electron chi connectivity index (χ2n) is 5.35. The predicted octanol–water partition coefficient (Wildman–Crippen LogP) is 1.29. The van der Waals surface area contributed by atoms with Gasteiger partial charge in [0.05, 0.1) is 5.54 Å². The lowest BCUT2D eigenvalue weighted by Gasteiger charge is -2.36. The van der Waals surface area contributed by atoms with Crippen LogP contribution in [0.1, 0.15) is 34.6 Å². The smallest absolute Gasteiger partial charge is 0.323 e. The quantitative estimate of drug-likeness (QED) is 0.730. The van der Waals surface area contributed by atoms with E-state index in [4.69, 9.17) is 11.5 Å². The summed E-state index contributed by atoms with van der Waals surface area (Å²) in [6.07, 6.45) is 5.27. The van der Waals surface area contributed by atoms with Crippen molar-refractivity contribution in [3.8, 4) is 12.3 Å². The van der Waals surface area contributed by atoms with E-state index in [0.29, 0.717) is 0 Å². The Morgan fingerprint density at radius 1 is 1.29 bits per heavy atom. The van der Waals surface area contributed by atoms with Crippen molar-refractivity contribution in [1.29, 1.82) is 0 Å². The number of carboxylic acid groups (broad SMARTS) is 1. The summed E-state index contributed by atoms with van der Waals surface area (Å²) in [4.78, 5) is 23.9. The number of urea groups is 1. The number of rotatable bonds is 3. The Labute approximate surface area is 102 Å². The number of hydrogen-bond donors (Lipinski definition) is 2. The number of carboxylic acids is 1. The first-order valence-electron chi connectivity index (χ1n) is 5.29. The monoisotopic (exact) mass is 240 g/mol. The van der Waals surface area contributed by atoms with Crippen LogP contribution in [0.4, 0.5) is 4.79 Å². The van der Waals surface area contributed by atoms with Crippen molar-refractivity contribution in [3.63, 3.8) is 0 Å². The number of aliphatic carboxylic acids is 1. The van der Waals surface area contributed by atoms with E-state index >= 15 is 0 Å². The number of terminal acetylenes is 1. The molecule has 96 valence electrons. The maximum atomic E-state index is 12.0. The van der Waals surface area contributed by atoms with E-state index in [9.17, 15) is 9.59 Å². The summed E-state index contributed by atoms with van der Waals surface area (Å²) >= 11 is 0. The minimum Gasteiger partial charge on any atom is -0.480 e. The molecule has 0 aromatic carbocycles. The third kappa shape index (κ3) is 5.25. The van der Waals surface area contributed by atoms with Gasteiger partial charge in [0, 0.05) is 5.54 Å². The topological polar surface area (TPSA) is 69.6 Å². The molecule has 0 aliphatic rings. The van der Waals surface area contributed by atoms with Gasteiger partial charge in [-0.3, -0.25) is 4.79 Å². The fourth-order valence-corrected chi connectivity index (χ4v) is 1.12. The Hall–Kier alpha value is -1.70. The van der Waals surface area contributed by atoms with Crippen LogP contribution in [0, 0.1) is 12.3 Å². The molecule has 0 saturated heterocycles. The van der Waals surface area contributed by atoms with Crippen molar-refractivity contribution in [2.24, 2.45) is 0 Å². The molecule has 2 amide bonds. The van der Waals surface area contributed by atoms with Gasteiger partial charge in [-0.15, -0.1) is 6.42 Å². The minimum absolute atomic E-state index is 0.365. The van der Waals surface area contributed by atoms with Gasteiger partial charge in [-0.05, 0) is 34.6 Å². The summed E-state index contributed by atoms with van der Waals surface area (Å²) in [6, 6.07) is -0.483. The van der Waals surface area contributed by atoms with E-state index in [2.05, 4.69) is 11.2 Å². The summed E-state index contributed by atoms with van der Waals surface area (Å²) < 4.78 is 0. The van der Waals surface area contributed by atoms with Gasteiger partial charge in [0.25, 0.3) is 0 Å².